The zero-order valence-electron chi connectivity index (χ0n) is 11.9. The van der Waals surface area contributed by atoms with E-state index in [1.807, 2.05) is 0 Å². The molecule has 1 amide bonds. The van der Waals surface area contributed by atoms with E-state index in [0.717, 1.165) is 24.1 Å². The predicted molar refractivity (Wildman–Crippen MR) is 85.2 cm³/mol. The first kappa shape index (κ1) is 13.4. The molecule has 0 atom stereocenters. The number of aromatic amines is 1. The largest absolute Gasteiger partial charge is 0.298 e. The van der Waals surface area contributed by atoms with Gasteiger partial charge in [-0.1, -0.05) is 6.42 Å². The minimum atomic E-state index is -0.159. The lowest BCUT2D eigenvalue weighted by molar-refractivity contribution is 0.102. The molecule has 0 spiro atoms. The molecule has 0 unspecified atom stereocenters. The van der Waals surface area contributed by atoms with E-state index in [4.69, 9.17) is 0 Å². The Hall–Kier alpha value is -2.28. The SMILES string of the molecule is O=C(Nc1nc2c(s1)CCCCC2)c1ccc2n[nH]nc2c1. The zero-order chi connectivity index (χ0) is 14.9. The summed E-state index contributed by atoms with van der Waals surface area (Å²) in [7, 11) is 0. The summed E-state index contributed by atoms with van der Waals surface area (Å²) >= 11 is 1.60. The molecule has 22 heavy (non-hydrogen) atoms. The highest BCUT2D eigenvalue weighted by molar-refractivity contribution is 7.15. The van der Waals surface area contributed by atoms with E-state index < -0.39 is 0 Å². The Kier molecular flexibility index (Phi) is 3.34. The standard InChI is InChI=1S/C15H15N5OS/c21-14(9-6-7-10-12(8-9)19-20-18-10)17-15-16-11-4-2-1-3-5-13(11)22-15/h6-8H,1-5H2,(H,16,17,21)(H,18,19,20). The summed E-state index contributed by atoms with van der Waals surface area (Å²) in [5.74, 6) is -0.159. The molecule has 1 aliphatic rings. The van der Waals surface area contributed by atoms with Gasteiger partial charge in [-0.3, -0.25) is 10.1 Å². The van der Waals surface area contributed by atoms with Gasteiger partial charge in [0, 0.05) is 10.4 Å². The average molecular weight is 313 g/mol. The third-order valence-electron chi connectivity index (χ3n) is 3.89. The number of carbonyl (C=O) groups excluding carboxylic acids is 1. The second kappa shape index (κ2) is 5.49. The van der Waals surface area contributed by atoms with Crippen molar-refractivity contribution in [1.82, 2.24) is 20.4 Å². The monoisotopic (exact) mass is 313 g/mol. The van der Waals surface area contributed by atoms with Crippen molar-refractivity contribution in [3.05, 3.63) is 34.3 Å². The lowest BCUT2D eigenvalue weighted by atomic mass is 10.2. The van der Waals surface area contributed by atoms with Crippen LogP contribution in [-0.2, 0) is 12.8 Å². The molecule has 0 aliphatic heterocycles. The number of nitrogens with one attached hydrogen (secondary N) is 2. The third-order valence-corrected chi connectivity index (χ3v) is 4.97. The number of anilines is 1. The molecule has 0 fully saturated rings. The van der Waals surface area contributed by atoms with E-state index in [-0.39, 0.29) is 5.91 Å². The first-order valence-corrected chi connectivity index (χ1v) is 8.22. The van der Waals surface area contributed by atoms with E-state index in [1.54, 1.807) is 29.5 Å². The molecule has 0 radical (unpaired) electrons. The van der Waals surface area contributed by atoms with Crippen LogP contribution in [0.5, 0.6) is 0 Å². The van der Waals surface area contributed by atoms with Gasteiger partial charge in [-0.25, -0.2) is 4.98 Å². The van der Waals surface area contributed by atoms with Crippen LogP contribution in [0.1, 0.15) is 40.2 Å². The van der Waals surface area contributed by atoms with Crippen LogP contribution in [0.15, 0.2) is 18.2 Å². The Morgan fingerprint density at radius 3 is 2.95 bits per heavy atom. The highest BCUT2D eigenvalue weighted by Crippen LogP contribution is 2.29. The van der Waals surface area contributed by atoms with Gasteiger partial charge in [0.25, 0.3) is 5.91 Å². The van der Waals surface area contributed by atoms with Gasteiger partial charge in [0.1, 0.15) is 11.0 Å². The molecule has 0 bridgehead atoms. The molecule has 2 N–H and O–H groups in total. The fourth-order valence-electron chi connectivity index (χ4n) is 2.73. The van der Waals surface area contributed by atoms with Crippen LogP contribution in [0.25, 0.3) is 11.0 Å². The molecule has 3 aromatic rings. The Balaban J connectivity index is 1.56. The van der Waals surface area contributed by atoms with Crippen LogP contribution >= 0.6 is 11.3 Å². The van der Waals surface area contributed by atoms with Gasteiger partial charge in [-0.15, -0.1) is 11.3 Å². The van der Waals surface area contributed by atoms with Gasteiger partial charge >= 0.3 is 0 Å². The van der Waals surface area contributed by atoms with E-state index in [0.29, 0.717) is 16.2 Å². The number of H-pyrrole nitrogens is 1. The number of nitrogens with zero attached hydrogens (tertiary/aromatic N) is 3. The number of rotatable bonds is 2. The fraction of sp³-hybridized carbons (Fsp3) is 0.333. The molecular weight excluding hydrogens is 298 g/mol. The quantitative estimate of drug-likeness (QED) is 0.713. The summed E-state index contributed by atoms with van der Waals surface area (Å²) in [4.78, 5) is 18.3. The zero-order valence-corrected chi connectivity index (χ0v) is 12.7. The van der Waals surface area contributed by atoms with Gasteiger partial charge in [0.15, 0.2) is 5.13 Å². The van der Waals surface area contributed by atoms with Crippen molar-refractivity contribution in [2.45, 2.75) is 32.1 Å². The van der Waals surface area contributed by atoms with Crippen LogP contribution in [0.3, 0.4) is 0 Å². The van der Waals surface area contributed by atoms with Crippen LogP contribution in [0.2, 0.25) is 0 Å². The third kappa shape index (κ3) is 2.48. The van der Waals surface area contributed by atoms with Crippen molar-refractivity contribution in [2.24, 2.45) is 0 Å². The lowest BCUT2D eigenvalue weighted by Crippen LogP contribution is -2.11. The summed E-state index contributed by atoms with van der Waals surface area (Å²) in [5, 5.41) is 14.1. The highest BCUT2D eigenvalue weighted by atomic mass is 32.1. The highest BCUT2D eigenvalue weighted by Gasteiger charge is 2.16. The molecule has 0 saturated carbocycles. The predicted octanol–water partition coefficient (Wildman–Crippen LogP) is 2.94. The summed E-state index contributed by atoms with van der Waals surface area (Å²) in [6, 6.07) is 5.26. The number of carbonyl (C=O) groups is 1. The number of aromatic nitrogens is 4. The van der Waals surface area contributed by atoms with Gasteiger partial charge < -0.3 is 0 Å². The maximum absolute atomic E-state index is 12.4. The second-order valence-electron chi connectivity index (χ2n) is 5.43. The summed E-state index contributed by atoms with van der Waals surface area (Å²) in [6.07, 6.45) is 5.77. The first-order chi connectivity index (χ1) is 10.8. The van der Waals surface area contributed by atoms with Crippen molar-refractivity contribution in [3.8, 4) is 0 Å². The average Bonchev–Trinajstić information content (AvgIpc) is 3.08. The van der Waals surface area contributed by atoms with Crippen LogP contribution in [-0.4, -0.2) is 26.3 Å². The number of amides is 1. The normalized spacial score (nSPS) is 14.5. The molecule has 6 nitrogen and oxygen atoms in total. The number of hydrogen-bond donors (Lipinski definition) is 2. The van der Waals surface area contributed by atoms with Gasteiger partial charge in [0.05, 0.1) is 5.69 Å². The fourth-order valence-corrected chi connectivity index (χ4v) is 3.78. The van der Waals surface area contributed by atoms with Crippen molar-refractivity contribution < 1.29 is 4.79 Å². The van der Waals surface area contributed by atoms with E-state index in [2.05, 4.69) is 25.7 Å². The Bertz CT molecular complexity index is 814. The first-order valence-electron chi connectivity index (χ1n) is 7.40. The van der Waals surface area contributed by atoms with Crippen LogP contribution < -0.4 is 5.32 Å². The van der Waals surface area contributed by atoms with Crippen LogP contribution in [0, 0.1) is 0 Å². The molecule has 7 heteroatoms. The van der Waals surface area contributed by atoms with E-state index >= 15 is 0 Å². The lowest BCUT2D eigenvalue weighted by Gasteiger charge is -2.01. The second-order valence-corrected chi connectivity index (χ2v) is 6.51. The number of thiazole rings is 1. The van der Waals surface area contributed by atoms with Crippen molar-refractivity contribution >= 4 is 33.4 Å². The van der Waals surface area contributed by atoms with Crippen molar-refractivity contribution in [1.29, 1.82) is 0 Å². The molecular formula is C15H15N5OS. The molecule has 2 heterocycles. The number of aryl methyl sites for hydroxylation is 2. The molecule has 1 aromatic carbocycles. The van der Waals surface area contributed by atoms with Crippen LogP contribution in [0.4, 0.5) is 5.13 Å². The number of fused-ring (bicyclic) bond motifs is 2. The molecule has 1 aliphatic carbocycles. The maximum Gasteiger partial charge on any atom is 0.257 e. The van der Waals surface area contributed by atoms with Gasteiger partial charge in [0.2, 0.25) is 0 Å². The minimum Gasteiger partial charge on any atom is -0.298 e. The Morgan fingerprint density at radius 2 is 2.00 bits per heavy atom. The van der Waals surface area contributed by atoms with E-state index in [9.17, 15) is 4.79 Å². The van der Waals surface area contributed by atoms with Crippen molar-refractivity contribution in [2.75, 3.05) is 5.32 Å². The smallest absolute Gasteiger partial charge is 0.257 e. The van der Waals surface area contributed by atoms with E-state index in [1.165, 1.54) is 24.1 Å². The number of benzene rings is 1. The maximum atomic E-state index is 12.4. The molecule has 112 valence electrons. The minimum absolute atomic E-state index is 0.159. The van der Waals surface area contributed by atoms with Gasteiger partial charge in [-0.05, 0) is 43.9 Å². The summed E-state index contributed by atoms with van der Waals surface area (Å²) in [5.41, 5.74) is 3.15. The Labute approximate surface area is 131 Å². The Morgan fingerprint density at radius 1 is 1.14 bits per heavy atom. The summed E-state index contributed by atoms with van der Waals surface area (Å²) in [6.45, 7) is 0. The topological polar surface area (TPSA) is 83.6 Å². The van der Waals surface area contributed by atoms with Crippen molar-refractivity contribution in [3.63, 3.8) is 0 Å². The summed E-state index contributed by atoms with van der Waals surface area (Å²) < 4.78 is 0. The molecule has 4 rings (SSSR count). The molecule has 0 saturated heterocycles. The molecule has 2 aromatic heterocycles. The van der Waals surface area contributed by atoms with Gasteiger partial charge in [-0.2, -0.15) is 15.4 Å². The number of hydrogen-bond acceptors (Lipinski definition) is 5.